The molecule has 0 aliphatic carbocycles. The highest BCUT2D eigenvalue weighted by Crippen LogP contribution is 2.06. The average molecular weight is 216 g/mol. The Kier molecular flexibility index (Phi) is 5.70. The minimum absolute atomic E-state index is 0.363. The normalized spacial score (nSPS) is 13.0. The maximum atomic E-state index is 9.58. The average Bonchev–Trinajstić information content (AvgIpc) is 2.65. The predicted octanol–water partition coefficient (Wildman–Crippen LogP) is 0.282. The molecule has 14 heavy (non-hydrogen) atoms. The third-order valence-corrected chi connectivity index (χ3v) is 2.56. The number of thiazole rings is 1. The van der Waals surface area contributed by atoms with Crippen molar-refractivity contribution >= 4 is 11.3 Å². The summed E-state index contributed by atoms with van der Waals surface area (Å²) in [5.74, 6) is 0. The van der Waals surface area contributed by atoms with Crippen LogP contribution < -0.4 is 5.32 Å². The molecule has 0 amide bonds. The van der Waals surface area contributed by atoms with E-state index in [1.165, 1.54) is 0 Å². The van der Waals surface area contributed by atoms with E-state index in [9.17, 15) is 5.11 Å². The number of nitrogens with zero attached hydrogens (tertiary/aromatic N) is 1. The van der Waals surface area contributed by atoms with Crippen LogP contribution in [0.5, 0.6) is 0 Å². The van der Waals surface area contributed by atoms with Crippen LogP contribution in [0, 0.1) is 0 Å². The van der Waals surface area contributed by atoms with Gasteiger partial charge in [0.15, 0.2) is 0 Å². The van der Waals surface area contributed by atoms with Crippen LogP contribution in [0.2, 0.25) is 0 Å². The van der Waals surface area contributed by atoms with Crippen LogP contribution in [-0.2, 0) is 11.2 Å². The molecule has 0 spiro atoms. The first-order chi connectivity index (χ1) is 6.83. The van der Waals surface area contributed by atoms with Crippen molar-refractivity contribution in [2.45, 2.75) is 12.5 Å². The van der Waals surface area contributed by atoms with Crippen molar-refractivity contribution in [3.05, 3.63) is 16.6 Å². The van der Waals surface area contributed by atoms with Crippen molar-refractivity contribution in [3.63, 3.8) is 0 Å². The minimum Gasteiger partial charge on any atom is -0.391 e. The lowest BCUT2D eigenvalue weighted by molar-refractivity contribution is 0.160. The van der Waals surface area contributed by atoms with Gasteiger partial charge in [0.25, 0.3) is 0 Å². The summed E-state index contributed by atoms with van der Waals surface area (Å²) in [5, 5.41) is 15.6. The number of hydrogen-bond acceptors (Lipinski definition) is 5. The van der Waals surface area contributed by atoms with Crippen molar-refractivity contribution in [2.75, 3.05) is 26.8 Å². The standard InChI is InChI=1S/C9H16N2O2S/c1-13-4-2-10-7-8(12)6-9-11-3-5-14-9/h3,5,8,10,12H,2,4,6-7H2,1H3. The molecule has 4 nitrogen and oxygen atoms in total. The lowest BCUT2D eigenvalue weighted by atomic mass is 10.2. The van der Waals surface area contributed by atoms with Crippen LogP contribution in [0.1, 0.15) is 5.01 Å². The Morgan fingerprint density at radius 1 is 1.71 bits per heavy atom. The lowest BCUT2D eigenvalue weighted by Crippen LogP contribution is -2.30. The third kappa shape index (κ3) is 4.66. The molecule has 0 saturated carbocycles. The van der Waals surface area contributed by atoms with Gasteiger partial charge in [-0.3, -0.25) is 0 Å². The molecule has 0 radical (unpaired) electrons. The fourth-order valence-electron chi connectivity index (χ4n) is 1.07. The van der Waals surface area contributed by atoms with E-state index < -0.39 is 0 Å². The van der Waals surface area contributed by atoms with Crippen molar-refractivity contribution in [1.82, 2.24) is 10.3 Å². The van der Waals surface area contributed by atoms with Gasteiger partial charge in [0.1, 0.15) is 0 Å². The zero-order valence-corrected chi connectivity index (χ0v) is 9.09. The van der Waals surface area contributed by atoms with E-state index in [1.807, 2.05) is 5.38 Å². The Labute approximate surface area is 87.9 Å². The largest absolute Gasteiger partial charge is 0.391 e. The Hall–Kier alpha value is -0.490. The SMILES string of the molecule is COCCNCC(O)Cc1nccs1. The molecule has 1 unspecified atom stereocenters. The first-order valence-electron chi connectivity index (χ1n) is 4.59. The molecule has 0 saturated heterocycles. The van der Waals surface area contributed by atoms with Gasteiger partial charge in [-0.1, -0.05) is 0 Å². The number of rotatable bonds is 7. The minimum atomic E-state index is -0.363. The molecule has 0 bridgehead atoms. The van der Waals surface area contributed by atoms with E-state index in [4.69, 9.17) is 4.74 Å². The molecular weight excluding hydrogens is 200 g/mol. The highest BCUT2D eigenvalue weighted by Gasteiger charge is 2.06. The van der Waals surface area contributed by atoms with Gasteiger partial charge in [-0.05, 0) is 0 Å². The highest BCUT2D eigenvalue weighted by molar-refractivity contribution is 7.09. The summed E-state index contributed by atoms with van der Waals surface area (Å²) in [7, 11) is 1.66. The van der Waals surface area contributed by atoms with E-state index in [0.29, 0.717) is 19.6 Å². The van der Waals surface area contributed by atoms with E-state index in [0.717, 1.165) is 11.6 Å². The predicted molar refractivity (Wildman–Crippen MR) is 56.6 cm³/mol. The number of ether oxygens (including phenoxy) is 1. The first kappa shape index (κ1) is 11.6. The number of nitrogens with one attached hydrogen (secondary N) is 1. The van der Waals surface area contributed by atoms with Crippen LogP contribution >= 0.6 is 11.3 Å². The summed E-state index contributed by atoms with van der Waals surface area (Å²) in [6.07, 6.45) is 2.01. The quantitative estimate of drug-likeness (QED) is 0.643. The van der Waals surface area contributed by atoms with E-state index >= 15 is 0 Å². The number of aliphatic hydroxyl groups excluding tert-OH is 1. The molecule has 0 aliphatic rings. The van der Waals surface area contributed by atoms with Crippen molar-refractivity contribution in [1.29, 1.82) is 0 Å². The number of aromatic nitrogens is 1. The fraction of sp³-hybridized carbons (Fsp3) is 0.667. The molecule has 1 heterocycles. The smallest absolute Gasteiger partial charge is 0.0951 e. The summed E-state index contributed by atoms with van der Waals surface area (Å²) in [6, 6.07) is 0. The van der Waals surface area contributed by atoms with Gasteiger partial charge >= 0.3 is 0 Å². The molecule has 80 valence electrons. The molecular formula is C9H16N2O2S. The van der Waals surface area contributed by atoms with Crippen LogP contribution in [0.25, 0.3) is 0 Å². The Bertz CT molecular complexity index is 229. The Morgan fingerprint density at radius 2 is 2.57 bits per heavy atom. The second kappa shape index (κ2) is 6.89. The highest BCUT2D eigenvalue weighted by atomic mass is 32.1. The van der Waals surface area contributed by atoms with Gasteiger partial charge in [0, 0.05) is 38.2 Å². The zero-order chi connectivity index (χ0) is 10.2. The molecule has 1 atom stereocenters. The van der Waals surface area contributed by atoms with Crippen LogP contribution in [0.4, 0.5) is 0 Å². The lowest BCUT2D eigenvalue weighted by Gasteiger charge is -2.09. The van der Waals surface area contributed by atoms with E-state index in [1.54, 1.807) is 24.6 Å². The summed E-state index contributed by atoms with van der Waals surface area (Å²) in [4.78, 5) is 4.11. The molecule has 5 heteroatoms. The van der Waals surface area contributed by atoms with E-state index in [2.05, 4.69) is 10.3 Å². The maximum absolute atomic E-state index is 9.58. The first-order valence-corrected chi connectivity index (χ1v) is 5.47. The van der Waals surface area contributed by atoms with Gasteiger partial charge in [0.2, 0.25) is 0 Å². The van der Waals surface area contributed by atoms with Crippen molar-refractivity contribution in [2.24, 2.45) is 0 Å². The fourth-order valence-corrected chi connectivity index (χ4v) is 1.76. The summed E-state index contributed by atoms with van der Waals surface area (Å²) in [6.45, 7) is 2.03. The second-order valence-electron chi connectivity index (χ2n) is 2.98. The molecule has 0 aromatic carbocycles. The van der Waals surface area contributed by atoms with Crippen molar-refractivity contribution in [3.8, 4) is 0 Å². The van der Waals surface area contributed by atoms with E-state index in [-0.39, 0.29) is 6.10 Å². The molecule has 1 aromatic rings. The molecule has 1 rings (SSSR count). The van der Waals surface area contributed by atoms with Gasteiger partial charge in [-0.25, -0.2) is 4.98 Å². The summed E-state index contributed by atoms with van der Waals surface area (Å²) in [5.41, 5.74) is 0. The second-order valence-corrected chi connectivity index (χ2v) is 3.96. The number of methoxy groups -OCH3 is 1. The van der Waals surface area contributed by atoms with Crippen molar-refractivity contribution < 1.29 is 9.84 Å². The molecule has 0 aliphatic heterocycles. The van der Waals surface area contributed by atoms with Gasteiger partial charge in [0.05, 0.1) is 17.7 Å². The summed E-state index contributed by atoms with van der Waals surface area (Å²) < 4.78 is 4.88. The van der Waals surface area contributed by atoms with Gasteiger partial charge < -0.3 is 15.2 Å². The van der Waals surface area contributed by atoms with Gasteiger partial charge in [-0.2, -0.15) is 0 Å². The Morgan fingerprint density at radius 3 is 3.21 bits per heavy atom. The molecule has 0 fully saturated rings. The zero-order valence-electron chi connectivity index (χ0n) is 8.27. The monoisotopic (exact) mass is 216 g/mol. The molecule has 1 aromatic heterocycles. The Balaban J connectivity index is 2.07. The summed E-state index contributed by atoms with van der Waals surface area (Å²) >= 11 is 1.57. The van der Waals surface area contributed by atoms with Crippen LogP contribution in [0.15, 0.2) is 11.6 Å². The number of aliphatic hydroxyl groups is 1. The maximum Gasteiger partial charge on any atom is 0.0951 e. The molecule has 2 N–H and O–H groups in total. The third-order valence-electron chi connectivity index (χ3n) is 1.76. The van der Waals surface area contributed by atoms with Crippen LogP contribution in [0.3, 0.4) is 0 Å². The van der Waals surface area contributed by atoms with Gasteiger partial charge in [-0.15, -0.1) is 11.3 Å². The van der Waals surface area contributed by atoms with Crippen LogP contribution in [-0.4, -0.2) is 43.0 Å². The number of hydrogen-bond donors (Lipinski definition) is 2. The topological polar surface area (TPSA) is 54.4 Å².